The summed E-state index contributed by atoms with van der Waals surface area (Å²) in [4.78, 5) is 0.420. The first-order valence-corrected chi connectivity index (χ1v) is 8.31. The molecule has 0 aromatic heterocycles. The van der Waals surface area contributed by atoms with Crippen molar-refractivity contribution in [1.29, 1.82) is 0 Å². The molecule has 0 aliphatic carbocycles. The largest absolute Gasteiger partial charge is 0.317 e. The van der Waals surface area contributed by atoms with E-state index in [0.717, 1.165) is 31.5 Å². The van der Waals surface area contributed by atoms with Gasteiger partial charge in [-0.05, 0) is 43.5 Å². The molecule has 6 heteroatoms. The van der Waals surface area contributed by atoms with Crippen molar-refractivity contribution < 1.29 is 8.42 Å². The molecule has 0 amide bonds. The van der Waals surface area contributed by atoms with Crippen LogP contribution in [0.15, 0.2) is 29.2 Å². The zero-order valence-electron chi connectivity index (χ0n) is 11.9. The number of rotatable bonds is 4. The van der Waals surface area contributed by atoms with Crippen molar-refractivity contribution >= 4 is 22.4 Å². The summed E-state index contributed by atoms with van der Waals surface area (Å²) in [6.07, 6.45) is 1.70. The van der Waals surface area contributed by atoms with Gasteiger partial charge in [0.05, 0.1) is 4.90 Å². The lowest BCUT2D eigenvalue weighted by Gasteiger charge is -2.24. The van der Waals surface area contributed by atoms with Crippen molar-refractivity contribution in [1.82, 2.24) is 10.0 Å². The first-order chi connectivity index (χ1) is 9.00. The van der Waals surface area contributed by atoms with Gasteiger partial charge in [0.25, 0.3) is 0 Å². The van der Waals surface area contributed by atoms with Crippen LogP contribution in [0.25, 0.3) is 0 Å². The van der Waals surface area contributed by atoms with Crippen LogP contribution in [0.2, 0.25) is 0 Å². The fourth-order valence-corrected chi connectivity index (χ4v) is 4.10. The van der Waals surface area contributed by atoms with Gasteiger partial charge in [-0.2, -0.15) is 0 Å². The molecule has 0 unspecified atom stereocenters. The summed E-state index contributed by atoms with van der Waals surface area (Å²) >= 11 is 0. The number of benzene rings is 1. The zero-order valence-corrected chi connectivity index (χ0v) is 13.6. The monoisotopic (exact) mass is 318 g/mol. The van der Waals surface area contributed by atoms with Crippen molar-refractivity contribution in [3.63, 3.8) is 0 Å². The second-order valence-corrected chi connectivity index (χ2v) is 7.02. The molecule has 0 atom stereocenters. The standard InChI is InChI=1S/C14H22N2O2S.ClH/c1-11(2)13-5-3-4-6-14(13)19(17,18)16-12-7-9-15-10-8-12;/h3-6,11-12,15-16H,7-10H2,1-2H3;1H. The first kappa shape index (κ1) is 17.4. The van der Waals surface area contributed by atoms with Crippen LogP contribution >= 0.6 is 12.4 Å². The quantitative estimate of drug-likeness (QED) is 0.895. The molecule has 1 aromatic rings. The van der Waals surface area contributed by atoms with E-state index in [-0.39, 0.29) is 24.4 Å². The fourth-order valence-electron chi connectivity index (χ4n) is 2.42. The summed E-state index contributed by atoms with van der Waals surface area (Å²) < 4.78 is 27.8. The highest BCUT2D eigenvalue weighted by molar-refractivity contribution is 7.89. The van der Waals surface area contributed by atoms with Gasteiger partial charge in [0, 0.05) is 6.04 Å². The molecule has 1 aliphatic heterocycles. The average Bonchev–Trinajstić information content (AvgIpc) is 2.39. The minimum atomic E-state index is -3.41. The van der Waals surface area contributed by atoms with Crippen molar-refractivity contribution in [2.45, 2.75) is 43.5 Å². The molecule has 1 aromatic carbocycles. The normalized spacial score (nSPS) is 16.9. The van der Waals surface area contributed by atoms with Gasteiger partial charge >= 0.3 is 0 Å². The molecular weight excluding hydrogens is 296 g/mol. The Morgan fingerprint density at radius 3 is 2.40 bits per heavy atom. The Kier molecular flexibility index (Phi) is 6.45. The van der Waals surface area contributed by atoms with Crippen LogP contribution in [0.5, 0.6) is 0 Å². The van der Waals surface area contributed by atoms with E-state index in [1.54, 1.807) is 12.1 Å². The van der Waals surface area contributed by atoms with E-state index in [1.807, 2.05) is 26.0 Å². The van der Waals surface area contributed by atoms with Crippen LogP contribution in [-0.2, 0) is 10.0 Å². The van der Waals surface area contributed by atoms with Gasteiger partial charge in [-0.15, -0.1) is 12.4 Å². The highest BCUT2D eigenvalue weighted by Crippen LogP contribution is 2.23. The molecule has 2 N–H and O–H groups in total. The Bertz CT molecular complexity index is 526. The Morgan fingerprint density at radius 1 is 1.20 bits per heavy atom. The SMILES string of the molecule is CC(C)c1ccccc1S(=O)(=O)NC1CCNCC1.Cl. The second-order valence-electron chi connectivity index (χ2n) is 5.34. The maximum Gasteiger partial charge on any atom is 0.241 e. The smallest absolute Gasteiger partial charge is 0.241 e. The average molecular weight is 319 g/mol. The second kappa shape index (κ2) is 7.41. The third-order valence-electron chi connectivity index (χ3n) is 3.49. The molecular formula is C14H23ClN2O2S. The number of hydrogen-bond donors (Lipinski definition) is 2. The topological polar surface area (TPSA) is 58.2 Å². The number of nitrogens with one attached hydrogen (secondary N) is 2. The molecule has 0 bridgehead atoms. The molecule has 1 saturated heterocycles. The lowest BCUT2D eigenvalue weighted by atomic mass is 10.0. The number of sulfonamides is 1. The van der Waals surface area contributed by atoms with Crippen molar-refractivity contribution in [2.24, 2.45) is 0 Å². The molecule has 20 heavy (non-hydrogen) atoms. The van der Waals surface area contributed by atoms with Crippen LogP contribution < -0.4 is 10.0 Å². The maximum absolute atomic E-state index is 12.5. The molecule has 1 aliphatic rings. The first-order valence-electron chi connectivity index (χ1n) is 6.82. The van der Waals surface area contributed by atoms with Crippen molar-refractivity contribution in [3.05, 3.63) is 29.8 Å². The lowest BCUT2D eigenvalue weighted by Crippen LogP contribution is -2.42. The Labute approximate surface area is 127 Å². The number of piperidine rings is 1. The summed E-state index contributed by atoms with van der Waals surface area (Å²) in [5.74, 6) is 0.195. The van der Waals surface area contributed by atoms with Crippen LogP contribution in [0.3, 0.4) is 0 Å². The van der Waals surface area contributed by atoms with E-state index < -0.39 is 10.0 Å². The summed E-state index contributed by atoms with van der Waals surface area (Å²) in [6, 6.07) is 7.30. The summed E-state index contributed by atoms with van der Waals surface area (Å²) in [5.41, 5.74) is 0.879. The van der Waals surface area contributed by atoms with Crippen LogP contribution in [0, 0.1) is 0 Å². The predicted octanol–water partition coefficient (Wildman–Crippen LogP) is 2.26. The molecule has 2 rings (SSSR count). The minimum absolute atomic E-state index is 0. The minimum Gasteiger partial charge on any atom is -0.317 e. The highest BCUT2D eigenvalue weighted by atomic mass is 35.5. The fraction of sp³-hybridized carbons (Fsp3) is 0.571. The lowest BCUT2D eigenvalue weighted by molar-refractivity contribution is 0.427. The van der Waals surface area contributed by atoms with Crippen LogP contribution in [0.1, 0.15) is 38.2 Å². The Hall–Kier alpha value is -0.620. The molecule has 0 radical (unpaired) electrons. The molecule has 1 fully saturated rings. The van der Waals surface area contributed by atoms with E-state index in [1.165, 1.54) is 0 Å². The van der Waals surface area contributed by atoms with Gasteiger partial charge < -0.3 is 5.32 Å². The van der Waals surface area contributed by atoms with Crippen molar-refractivity contribution in [2.75, 3.05) is 13.1 Å². The molecule has 4 nitrogen and oxygen atoms in total. The van der Waals surface area contributed by atoms with Gasteiger partial charge in [0.15, 0.2) is 0 Å². The number of halogens is 1. The predicted molar refractivity (Wildman–Crippen MR) is 84.0 cm³/mol. The van der Waals surface area contributed by atoms with Gasteiger partial charge in [-0.3, -0.25) is 0 Å². The molecule has 1 heterocycles. The number of hydrogen-bond acceptors (Lipinski definition) is 3. The van der Waals surface area contributed by atoms with Crippen LogP contribution in [-0.4, -0.2) is 27.5 Å². The zero-order chi connectivity index (χ0) is 13.9. The van der Waals surface area contributed by atoms with E-state index in [0.29, 0.717) is 4.90 Å². The highest BCUT2D eigenvalue weighted by Gasteiger charge is 2.24. The third-order valence-corrected chi connectivity index (χ3v) is 5.09. The Balaban J connectivity index is 0.00000200. The van der Waals surface area contributed by atoms with E-state index in [9.17, 15) is 8.42 Å². The summed E-state index contributed by atoms with van der Waals surface area (Å²) in [5, 5.41) is 3.24. The van der Waals surface area contributed by atoms with Crippen LogP contribution in [0.4, 0.5) is 0 Å². The van der Waals surface area contributed by atoms with Gasteiger partial charge in [-0.1, -0.05) is 32.0 Å². The summed E-state index contributed by atoms with van der Waals surface area (Å²) in [6.45, 7) is 5.77. The van der Waals surface area contributed by atoms with Gasteiger partial charge in [0.1, 0.15) is 0 Å². The third kappa shape index (κ3) is 4.19. The van der Waals surface area contributed by atoms with Crippen molar-refractivity contribution in [3.8, 4) is 0 Å². The molecule has 0 saturated carbocycles. The van der Waals surface area contributed by atoms with E-state index >= 15 is 0 Å². The summed E-state index contributed by atoms with van der Waals surface area (Å²) in [7, 11) is -3.41. The van der Waals surface area contributed by atoms with E-state index in [2.05, 4.69) is 10.0 Å². The Morgan fingerprint density at radius 2 is 1.80 bits per heavy atom. The molecule has 114 valence electrons. The maximum atomic E-state index is 12.5. The molecule has 0 spiro atoms. The van der Waals surface area contributed by atoms with Gasteiger partial charge in [-0.25, -0.2) is 13.1 Å². The van der Waals surface area contributed by atoms with E-state index in [4.69, 9.17) is 0 Å². The van der Waals surface area contributed by atoms with Gasteiger partial charge in [0.2, 0.25) is 10.0 Å².